The minimum absolute atomic E-state index is 0. The van der Waals surface area contributed by atoms with Gasteiger partial charge >= 0.3 is 0 Å². The largest absolute Gasteiger partial charge is 0.350 e. The monoisotopic (exact) mass is 369 g/mol. The number of nitro benzene ring substituents is 1. The zero-order chi connectivity index (χ0) is 17.7. The van der Waals surface area contributed by atoms with Gasteiger partial charge in [-0.25, -0.2) is 0 Å². The fraction of sp³-hybridized carbons (Fsp3) is 0.611. The smallest absolute Gasteiger partial charge is 0.272 e. The van der Waals surface area contributed by atoms with Crippen molar-refractivity contribution in [3.05, 3.63) is 39.4 Å². The Balaban J connectivity index is 0.00000312. The van der Waals surface area contributed by atoms with Crippen molar-refractivity contribution in [3.63, 3.8) is 0 Å². The molecular formula is C18H28ClN3O3. The number of halogens is 1. The molecule has 0 spiro atoms. The Labute approximate surface area is 155 Å². The Hall–Kier alpha value is -1.66. The van der Waals surface area contributed by atoms with Gasteiger partial charge in [0.05, 0.1) is 11.0 Å². The first-order chi connectivity index (χ1) is 11.4. The van der Waals surface area contributed by atoms with Gasteiger partial charge in [-0.1, -0.05) is 19.1 Å². The SMILES string of the molecule is Cc1ccc(C(C)NC(=O)CC(C)C2CCNCC2)cc1[N+](=O)[O-].Cl. The topological polar surface area (TPSA) is 84.3 Å². The van der Waals surface area contributed by atoms with Crippen LogP contribution < -0.4 is 10.6 Å². The highest BCUT2D eigenvalue weighted by Gasteiger charge is 2.23. The number of rotatable bonds is 6. The molecule has 2 rings (SSSR count). The maximum Gasteiger partial charge on any atom is 0.272 e. The number of piperidine rings is 1. The van der Waals surface area contributed by atoms with Gasteiger partial charge < -0.3 is 10.6 Å². The molecule has 0 saturated carbocycles. The molecule has 1 fully saturated rings. The van der Waals surface area contributed by atoms with Gasteiger partial charge in [-0.15, -0.1) is 12.4 Å². The van der Waals surface area contributed by atoms with Gasteiger partial charge in [-0.3, -0.25) is 14.9 Å². The Morgan fingerprint density at radius 3 is 2.60 bits per heavy atom. The lowest BCUT2D eigenvalue weighted by Crippen LogP contribution is -2.34. The number of nitrogens with zero attached hydrogens (tertiary/aromatic N) is 1. The number of hydrogen-bond acceptors (Lipinski definition) is 4. The van der Waals surface area contributed by atoms with Crippen LogP contribution in [-0.4, -0.2) is 23.9 Å². The summed E-state index contributed by atoms with van der Waals surface area (Å²) >= 11 is 0. The van der Waals surface area contributed by atoms with Crippen LogP contribution in [0.25, 0.3) is 0 Å². The lowest BCUT2D eigenvalue weighted by atomic mass is 9.84. The number of carbonyl (C=O) groups is 1. The Kier molecular flexibility index (Phi) is 8.32. The van der Waals surface area contributed by atoms with E-state index in [1.807, 2.05) is 13.0 Å². The summed E-state index contributed by atoms with van der Waals surface area (Å²) in [6.45, 7) is 7.77. The Bertz CT molecular complexity index is 603. The van der Waals surface area contributed by atoms with E-state index < -0.39 is 0 Å². The molecule has 1 aromatic rings. The number of nitro groups is 1. The molecule has 0 bridgehead atoms. The fourth-order valence-corrected chi connectivity index (χ4v) is 3.35. The quantitative estimate of drug-likeness (QED) is 0.593. The van der Waals surface area contributed by atoms with Crippen LogP contribution in [0.5, 0.6) is 0 Å². The van der Waals surface area contributed by atoms with Crippen molar-refractivity contribution >= 4 is 24.0 Å². The van der Waals surface area contributed by atoms with Crippen LogP contribution in [0.4, 0.5) is 5.69 Å². The second-order valence-corrected chi connectivity index (χ2v) is 6.86. The molecule has 1 heterocycles. The molecule has 0 aromatic heterocycles. The van der Waals surface area contributed by atoms with Crippen molar-refractivity contribution in [2.45, 2.75) is 46.1 Å². The van der Waals surface area contributed by atoms with E-state index in [1.165, 1.54) is 0 Å². The van der Waals surface area contributed by atoms with Gasteiger partial charge in [-0.2, -0.15) is 0 Å². The summed E-state index contributed by atoms with van der Waals surface area (Å²) in [4.78, 5) is 23.0. The summed E-state index contributed by atoms with van der Waals surface area (Å²) in [6, 6.07) is 4.88. The molecule has 7 heteroatoms. The first-order valence-electron chi connectivity index (χ1n) is 8.63. The second-order valence-electron chi connectivity index (χ2n) is 6.86. The van der Waals surface area contributed by atoms with Crippen LogP contribution in [0, 0.1) is 28.9 Å². The molecular weight excluding hydrogens is 342 g/mol. The molecule has 1 amide bonds. The van der Waals surface area contributed by atoms with Crippen molar-refractivity contribution in [1.29, 1.82) is 0 Å². The number of carbonyl (C=O) groups excluding carboxylic acids is 1. The molecule has 6 nitrogen and oxygen atoms in total. The first-order valence-corrected chi connectivity index (χ1v) is 8.63. The first kappa shape index (κ1) is 21.4. The summed E-state index contributed by atoms with van der Waals surface area (Å²) in [6.07, 6.45) is 2.74. The molecule has 0 aliphatic carbocycles. The number of hydrogen-bond donors (Lipinski definition) is 2. The summed E-state index contributed by atoms with van der Waals surface area (Å²) in [7, 11) is 0. The van der Waals surface area contributed by atoms with E-state index in [4.69, 9.17) is 0 Å². The summed E-state index contributed by atoms with van der Waals surface area (Å²) in [5.74, 6) is 0.955. The van der Waals surface area contributed by atoms with E-state index in [0.717, 1.165) is 31.5 Å². The van der Waals surface area contributed by atoms with E-state index in [1.54, 1.807) is 19.1 Å². The van der Waals surface area contributed by atoms with E-state index >= 15 is 0 Å². The lowest BCUT2D eigenvalue weighted by molar-refractivity contribution is -0.385. The average Bonchev–Trinajstić information content (AvgIpc) is 2.55. The number of nitrogens with one attached hydrogen (secondary N) is 2. The molecule has 25 heavy (non-hydrogen) atoms. The highest BCUT2D eigenvalue weighted by atomic mass is 35.5. The lowest BCUT2D eigenvalue weighted by Gasteiger charge is -2.28. The van der Waals surface area contributed by atoms with Gasteiger partial charge in [0.15, 0.2) is 0 Å². The predicted octanol–water partition coefficient (Wildman–Crippen LogP) is 3.53. The van der Waals surface area contributed by atoms with Gasteiger partial charge in [0.25, 0.3) is 5.69 Å². The third kappa shape index (κ3) is 5.97. The molecule has 1 saturated heterocycles. The van der Waals surface area contributed by atoms with Crippen LogP contribution in [0.1, 0.15) is 50.3 Å². The number of benzene rings is 1. The molecule has 0 radical (unpaired) electrons. The summed E-state index contributed by atoms with van der Waals surface area (Å²) in [5, 5.41) is 17.4. The maximum absolute atomic E-state index is 12.3. The zero-order valence-electron chi connectivity index (χ0n) is 15.1. The highest BCUT2D eigenvalue weighted by Crippen LogP contribution is 2.26. The number of amides is 1. The van der Waals surface area contributed by atoms with Gasteiger partial charge in [0.1, 0.15) is 0 Å². The summed E-state index contributed by atoms with van der Waals surface area (Å²) < 4.78 is 0. The van der Waals surface area contributed by atoms with Gasteiger partial charge in [0, 0.05) is 18.1 Å². The van der Waals surface area contributed by atoms with Crippen molar-refractivity contribution < 1.29 is 9.72 Å². The van der Waals surface area contributed by atoms with E-state index in [0.29, 0.717) is 23.8 Å². The second kappa shape index (κ2) is 9.73. The molecule has 140 valence electrons. The molecule has 1 aliphatic heterocycles. The summed E-state index contributed by atoms with van der Waals surface area (Å²) in [5.41, 5.74) is 1.48. The number of aryl methyl sites for hydroxylation is 1. The highest BCUT2D eigenvalue weighted by molar-refractivity contribution is 5.85. The fourth-order valence-electron chi connectivity index (χ4n) is 3.35. The van der Waals surface area contributed by atoms with Crippen LogP contribution >= 0.6 is 12.4 Å². The van der Waals surface area contributed by atoms with Crippen molar-refractivity contribution in [2.24, 2.45) is 11.8 Å². The average molecular weight is 370 g/mol. The standard InChI is InChI=1S/C18H27N3O3.ClH/c1-12-4-5-16(11-17(12)21(23)24)14(3)20-18(22)10-13(2)15-6-8-19-9-7-15;/h4-5,11,13-15,19H,6-10H2,1-3H3,(H,20,22);1H. The van der Waals surface area contributed by atoms with Crippen molar-refractivity contribution in [2.75, 3.05) is 13.1 Å². The van der Waals surface area contributed by atoms with Crippen molar-refractivity contribution in [1.82, 2.24) is 10.6 Å². The third-order valence-corrected chi connectivity index (χ3v) is 5.00. The van der Waals surface area contributed by atoms with Crippen LogP contribution in [0.2, 0.25) is 0 Å². The van der Waals surface area contributed by atoms with Crippen LogP contribution in [0.3, 0.4) is 0 Å². The van der Waals surface area contributed by atoms with E-state index in [9.17, 15) is 14.9 Å². The van der Waals surface area contributed by atoms with E-state index in [-0.39, 0.29) is 35.0 Å². The molecule has 1 aliphatic rings. The van der Waals surface area contributed by atoms with Crippen molar-refractivity contribution in [3.8, 4) is 0 Å². The maximum atomic E-state index is 12.3. The van der Waals surface area contributed by atoms with Crippen LogP contribution in [-0.2, 0) is 4.79 Å². The minimum atomic E-state index is -0.382. The normalized spacial score (nSPS) is 17.2. The Morgan fingerprint density at radius 1 is 1.36 bits per heavy atom. The molecule has 2 atom stereocenters. The third-order valence-electron chi connectivity index (χ3n) is 5.00. The predicted molar refractivity (Wildman–Crippen MR) is 101 cm³/mol. The molecule has 2 unspecified atom stereocenters. The van der Waals surface area contributed by atoms with Gasteiger partial charge in [0.2, 0.25) is 5.91 Å². The Morgan fingerprint density at radius 2 is 2.00 bits per heavy atom. The zero-order valence-corrected chi connectivity index (χ0v) is 15.9. The molecule has 1 aromatic carbocycles. The van der Waals surface area contributed by atoms with E-state index in [2.05, 4.69) is 17.6 Å². The van der Waals surface area contributed by atoms with Crippen LogP contribution in [0.15, 0.2) is 18.2 Å². The molecule has 2 N–H and O–H groups in total. The minimum Gasteiger partial charge on any atom is -0.350 e. The van der Waals surface area contributed by atoms with Gasteiger partial charge in [-0.05, 0) is 57.2 Å².